The van der Waals surface area contributed by atoms with Crippen molar-refractivity contribution in [3.63, 3.8) is 0 Å². The minimum atomic E-state index is 0.789. The Labute approximate surface area is 129 Å². The van der Waals surface area contributed by atoms with Crippen molar-refractivity contribution in [1.29, 1.82) is 0 Å². The summed E-state index contributed by atoms with van der Waals surface area (Å²) < 4.78 is 1.86. The van der Waals surface area contributed by atoms with Crippen molar-refractivity contribution in [3.8, 4) is 21.7 Å². The van der Waals surface area contributed by atoms with Gasteiger partial charge in [0.1, 0.15) is 4.34 Å². The first kappa shape index (κ1) is 12.9. The van der Waals surface area contributed by atoms with Crippen LogP contribution in [0.5, 0.6) is 0 Å². The largest absolute Gasteiger partial charge is 0.229 e. The van der Waals surface area contributed by atoms with E-state index >= 15 is 0 Å². The Morgan fingerprint density at radius 2 is 1.58 bits per heavy atom. The molecule has 0 unspecified atom stereocenters. The highest BCUT2D eigenvalue weighted by atomic mass is 79.9. The Morgan fingerprint density at radius 1 is 0.895 bits per heavy atom. The van der Waals surface area contributed by atoms with Crippen LogP contribution >= 0.6 is 39.9 Å². The number of rotatable bonds is 2. The first-order valence-electron chi connectivity index (χ1n) is 5.75. The molecule has 0 radical (unpaired) electrons. The molecule has 1 nitrogen and oxygen atoms in total. The molecule has 0 aliphatic carbocycles. The fourth-order valence-electron chi connectivity index (χ4n) is 1.90. The van der Waals surface area contributed by atoms with E-state index in [1.165, 1.54) is 5.56 Å². The molecular weight excluding hydrogens is 338 g/mol. The summed E-state index contributed by atoms with van der Waals surface area (Å²) in [4.78, 5) is 5.71. The summed E-state index contributed by atoms with van der Waals surface area (Å²) in [5, 5.41) is 0. The lowest BCUT2D eigenvalue weighted by Crippen LogP contribution is -1.81. The van der Waals surface area contributed by atoms with E-state index < -0.39 is 0 Å². The van der Waals surface area contributed by atoms with Crippen LogP contribution in [0.25, 0.3) is 21.7 Å². The first-order valence-corrected chi connectivity index (χ1v) is 7.81. The molecule has 0 bridgehead atoms. The van der Waals surface area contributed by atoms with Crippen LogP contribution in [0.2, 0.25) is 0 Å². The maximum Gasteiger partial charge on any atom is 0.148 e. The lowest BCUT2D eigenvalue weighted by molar-refractivity contribution is 1.26. The van der Waals surface area contributed by atoms with Gasteiger partial charge >= 0.3 is 0 Å². The van der Waals surface area contributed by atoms with Crippen LogP contribution in [-0.2, 0) is 0 Å². The number of hydrogen-bond donors (Lipinski definition) is 1. The maximum atomic E-state index is 4.55. The van der Waals surface area contributed by atoms with Crippen molar-refractivity contribution in [1.82, 2.24) is 4.98 Å². The molecular formula is C15H10BrNS2. The summed E-state index contributed by atoms with van der Waals surface area (Å²) >= 11 is 9.46. The van der Waals surface area contributed by atoms with Crippen LogP contribution in [0, 0.1) is 0 Å². The van der Waals surface area contributed by atoms with Gasteiger partial charge in [0.05, 0.1) is 10.6 Å². The molecule has 19 heavy (non-hydrogen) atoms. The Bertz CT molecular complexity index is 690. The third-order valence-corrected chi connectivity index (χ3v) is 4.58. The molecule has 1 aromatic heterocycles. The van der Waals surface area contributed by atoms with Gasteiger partial charge in [-0.3, -0.25) is 0 Å². The van der Waals surface area contributed by atoms with Crippen LogP contribution in [-0.4, -0.2) is 4.98 Å². The predicted molar refractivity (Wildman–Crippen MR) is 87.9 cm³/mol. The summed E-state index contributed by atoms with van der Waals surface area (Å²) in [7, 11) is 0. The topological polar surface area (TPSA) is 12.9 Å². The summed E-state index contributed by atoms with van der Waals surface area (Å²) in [5.74, 6) is 0. The molecule has 3 aromatic rings. The van der Waals surface area contributed by atoms with Crippen LogP contribution in [0.4, 0.5) is 0 Å². The fraction of sp³-hybridized carbons (Fsp3) is 0. The number of benzene rings is 2. The summed E-state index contributed by atoms with van der Waals surface area (Å²) in [6, 6.07) is 18.5. The normalized spacial score (nSPS) is 10.6. The van der Waals surface area contributed by atoms with Crippen LogP contribution in [0.15, 0.2) is 63.4 Å². The number of thiazole rings is 1. The SMILES string of the molecule is Sc1nc(-c2ccc(Br)cc2)c(-c2ccccc2)s1. The molecule has 0 fully saturated rings. The smallest absolute Gasteiger partial charge is 0.148 e. The number of thiol groups is 1. The number of aromatic nitrogens is 1. The van der Waals surface area contributed by atoms with E-state index in [1.807, 2.05) is 30.3 Å². The van der Waals surface area contributed by atoms with Gasteiger partial charge in [-0.05, 0) is 17.7 Å². The van der Waals surface area contributed by atoms with Gasteiger partial charge in [0.25, 0.3) is 0 Å². The Morgan fingerprint density at radius 3 is 2.26 bits per heavy atom. The second kappa shape index (κ2) is 5.49. The Hall–Kier alpha value is -1.10. The summed E-state index contributed by atoms with van der Waals surface area (Å²) in [5.41, 5.74) is 3.28. The van der Waals surface area contributed by atoms with Gasteiger partial charge in [0.15, 0.2) is 0 Å². The van der Waals surface area contributed by atoms with Gasteiger partial charge in [0, 0.05) is 10.0 Å². The van der Waals surface area contributed by atoms with E-state index in [-0.39, 0.29) is 0 Å². The minimum Gasteiger partial charge on any atom is -0.229 e. The van der Waals surface area contributed by atoms with Crippen LogP contribution in [0.1, 0.15) is 0 Å². The van der Waals surface area contributed by atoms with Crippen molar-refractivity contribution in [2.24, 2.45) is 0 Å². The van der Waals surface area contributed by atoms with Gasteiger partial charge in [0.2, 0.25) is 0 Å². The highest BCUT2D eigenvalue weighted by Gasteiger charge is 2.13. The molecule has 4 heteroatoms. The second-order valence-electron chi connectivity index (χ2n) is 4.05. The molecule has 0 N–H and O–H groups in total. The average Bonchev–Trinajstić information content (AvgIpc) is 2.83. The number of nitrogens with zero attached hydrogens (tertiary/aromatic N) is 1. The van der Waals surface area contributed by atoms with Crippen LogP contribution < -0.4 is 0 Å². The van der Waals surface area contributed by atoms with E-state index in [9.17, 15) is 0 Å². The first-order chi connectivity index (χ1) is 9.24. The highest BCUT2D eigenvalue weighted by Crippen LogP contribution is 2.38. The summed E-state index contributed by atoms with van der Waals surface area (Å²) in [6.45, 7) is 0. The lowest BCUT2D eigenvalue weighted by atomic mass is 10.1. The van der Waals surface area contributed by atoms with Gasteiger partial charge < -0.3 is 0 Å². The Balaban J connectivity index is 2.15. The van der Waals surface area contributed by atoms with Crippen molar-refractivity contribution in [3.05, 3.63) is 59.1 Å². The molecule has 0 aliphatic rings. The molecule has 3 rings (SSSR count). The third-order valence-electron chi connectivity index (χ3n) is 2.77. The molecule has 0 saturated heterocycles. The van der Waals surface area contributed by atoms with E-state index in [0.717, 1.165) is 24.9 Å². The van der Waals surface area contributed by atoms with Gasteiger partial charge in [-0.2, -0.15) is 0 Å². The molecule has 0 saturated carbocycles. The van der Waals surface area contributed by atoms with E-state index in [1.54, 1.807) is 11.3 Å². The molecule has 94 valence electrons. The standard InChI is InChI=1S/C15H10BrNS2/c16-12-8-6-10(7-9-12)13-14(19-15(18)17-13)11-4-2-1-3-5-11/h1-9H,(H,17,18). The third kappa shape index (κ3) is 2.76. The van der Waals surface area contributed by atoms with Crippen molar-refractivity contribution in [2.75, 3.05) is 0 Å². The zero-order valence-corrected chi connectivity index (χ0v) is 13.2. The number of halogens is 1. The number of hydrogen-bond acceptors (Lipinski definition) is 3. The summed E-state index contributed by atoms with van der Waals surface area (Å²) in [6.07, 6.45) is 0. The highest BCUT2D eigenvalue weighted by molar-refractivity contribution is 9.10. The van der Waals surface area contributed by atoms with E-state index in [4.69, 9.17) is 0 Å². The quantitative estimate of drug-likeness (QED) is 0.601. The minimum absolute atomic E-state index is 0.789. The van der Waals surface area contributed by atoms with E-state index in [2.05, 4.69) is 57.8 Å². The van der Waals surface area contributed by atoms with Gasteiger partial charge in [-0.1, -0.05) is 58.4 Å². The van der Waals surface area contributed by atoms with Crippen molar-refractivity contribution < 1.29 is 0 Å². The predicted octanol–water partition coefficient (Wildman–Crippen LogP) is 5.53. The van der Waals surface area contributed by atoms with Crippen molar-refractivity contribution >= 4 is 39.9 Å². The Kier molecular flexibility index (Phi) is 3.73. The van der Waals surface area contributed by atoms with Crippen LogP contribution in [0.3, 0.4) is 0 Å². The molecule has 2 aromatic carbocycles. The monoisotopic (exact) mass is 347 g/mol. The van der Waals surface area contributed by atoms with Crippen molar-refractivity contribution in [2.45, 2.75) is 4.34 Å². The van der Waals surface area contributed by atoms with Gasteiger partial charge in [-0.25, -0.2) is 4.98 Å². The maximum absolute atomic E-state index is 4.55. The molecule has 1 heterocycles. The molecule has 0 spiro atoms. The molecule has 0 amide bonds. The average molecular weight is 348 g/mol. The molecule has 0 aliphatic heterocycles. The zero-order valence-electron chi connectivity index (χ0n) is 9.88. The van der Waals surface area contributed by atoms with Gasteiger partial charge in [-0.15, -0.1) is 24.0 Å². The van der Waals surface area contributed by atoms with E-state index in [0.29, 0.717) is 0 Å². The zero-order chi connectivity index (χ0) is 13.2. The second-order valence-corrected chi connectivity index (χ2v) is 6.69. The fourth-order valence-corrected chi connectivity index (χ4v) is 3.37. The lowest BCUT2D eigenvalue weighted by Gasteiger charge is -2.02. The molecule has 0 atom stereocenters.